The van der Waals surface area contributed by atoms with Crippen molar-refractivity contribution in [3.8, 4) is 0 Å². The number of benzene rings is 1. The molecule has 1 aliphatic rings. The van der Waals surface area contributed by atoms with Crippen molar-refractivity contribution < 1.29 is 18.7 Å². The molecule has 1 aliphatic heterocycles. The molecule has 0 aliphatic carbocycles. The van der Waals surface area contributed by atoms with E-state index in [1.54, 1.807) is 6.07 Å². The van der Waals surface area contributed by atoms with Crippen molar-refractivity contribution >= 4 is 23.6 Å². The summed E-state index contributed by atoms with van der Waals surface area (Å²) in [5, 5.41) is 0.0491. The van der Waals surface area contributed by atoms with Crippen LogP contribution in [0.4, 0.5) is 9.18 Å². The van der Waals surface area contributed by atoms with E-state index in [0.29, 0.717) is 12.0 Å². The van der Waals surface area contributed by atoms with E-state index in [1.165, 1.54) is 17.0 Å². The summed E-state index contributed by atoms with van der Waals surface area (Å²) in [4.78, 5) is 25.0. The van der Waals surface area contributed by atoms with Crippen LogP contribution in [0.3, 0.4) is 0 Å². The SMILES string of the molecule is CC(C)[C@H]1COC(=O)N1C(=O)CCc1ccc(Cl)c(F)c1. The van der Waals surface area contributed by atoms with Gasteiger partial charge in [0.25, 0.3) is 0 Å². The molecule has 0 bridgehead atoms. The molecule has 1 aromatic rings. The van der Waals surface area contributed by atoms with Gasteiger partial charge in [0.15, 0.2) is 0 Å². The van der Waals surface area contributed by atoms with Crippen LogP contribution in [-0.2, 0) is 16.0 Å². The number of carbonyl (C=O) groups excluding carboxylic acids is 2. The van der Waals surface area contributed by atoms with Crippen LogP contribution in [0.1, 0.15) is 25.8 Å². The molecule has 1 saturated heterocycles. The summed E-state index contributed by atoms with van der Waals surface area (Å²) < 4.78 is 18.3. The van der Waals surface area contributed by atoms with Crippen molar-refractivity contribution in [3.63, 3.8) is 0 Å². The molecule has 114 valence electrons. The minimum absolute atomic E-state index is 0.0491. The van der Waals surface area contributed by atoms with Gasteiger partial charge >= 0.3 is 6.09 Å². The lowest BCUT2D eigenvalue weighted by Gasteiger charge is -2.22. The lowest BCUT2D eigenvalue weighted by molar-refractivity contribution is -0.129. The van der Waals surface area contributed by atoms with Gasteiger partial charge < -0.3 is 4.74 Å². The Kier molecular flexibility index (Phi) is 4.83. The first-order valence-electron chi connectivity index (χ1n) is 6.83. The van der Waals surface area contributed by atoms with E-state index in [9.17, 15) is 14.0 Å². The van der Waals surface area contributed by atoms with Crippen LogP contribution in [0.15, 0.2) is 18.2 Å². The Morgan fingerprint density at radius 1 is 1.52 bits per heavy atom. The molecule has 0 radical (unpaired) electrons. The first kappa shape index (κ1) is 15.8. The topological polar surface area (TPSA) is 46.6 Å². The number of ether oxygens (including phenoxy) is 1. The van der Waals surface area contributed by atoms with Crippen molar-refractivity contribution in [2.24, 2.45) is 5.92 Å². The highest BCUT2D eigenvalue weighted by atomic mass is 35.5. The van der Waals surface area contributed by atoms with Crippen molar-refractivity contribution in [2.75, 3.05) is 6.61 Å². The smallest absolute Gasteiger partial charge is 0.416 e. The highest BCUT2D eigenvalue weighted by Crippen LogP contribution is 2.22. The van der Waals surface area contributed by atoms with Gasteiger partial charge in [0, 0.05) is 6.42 Å². The maximum atomic E-state index is 13.3. The molecule has 1 heterocycles. The first-order valence-corrected chi connectivity index (χ1v) is 7.20. The second kappa shape index (κ2) is 6.43. The van der Waals surface area contributed by atoms with E-state index in [2.05, 4.69) is 0 Å². The molecule has 2 rings (SSSR count). The Balaban J connectivity index is 2.00. The molecule has 0 aromatic heterocycles. The largest absolute Gasteiger partial charge is 0.447 e. The normalized spacial score (nSPS) is 18.2. The van der Waals surface area contributed by atoms with Gasteiger partial charge in [-0.2, -0.15) is 0 Å². The Bertz CT molecular complexity index is 562. The molecule has 21 heavy (non-hydrogen) atoms. The summed E-state index contributed by atoms with van der Waals surface area (Å²) in [5.41, 5.74) is 0.666. The molecule has 1 fully saturated rings. The Morgan fingerprint density at radius 2 is 2.24 bits per heavy atom. The zero-order valence-electron chi connectivity index (χ0n) is 11.9. The second-order valence-electron chi connectivity index (χ2n) is 5.40. The molecule has 0 saturated carbocycles. The van der Waals surface area contributed by atoms with Gasteiger partial charge in [-0.05, 0) is 30.0 Å². The molecule has 2 amide bonds. The van der Waals surface area contributed by atoms with Crippen molar-refractivity contribution in [1.29, 1.82) is 0 Å². The second-order valence-corrected chi connectivity index (χ2v) is 5.81. The number of amides is 2. The van der Waals surface area contributed by atoms with Crippen LogP contribution in [0, 0.1) is 11.7 Å². The van der Waals surface area contributed by atoms with Gasteiger partial charge in [0.2, 0.25) is 5.91 Å². The third-order valence-corrected chi connectivity index (χ3v) is 3.86. The zero-order valence-corrected chi connectivity index (χ0v) is 12.7. The van der Waals surface area contributed by atoms with E-state index in [-0.39, 0.29) is 35.9 Å². The van der Waals surface area contributed by atoms with E-state index >= 15 is 0 Å². The van der Waals surface area contributed by atoms with Gasteiger partial charge in [-0.25, -0.2) is 14.1 Å². The minimum atomic E-state index is -0.596. The van der Waals surface area contributed by atoms with Crippen LogP contribution in [0.5, 0.6) is 0 Å². The molecule has 1 aromatic carbocycles. The average Bonchev–Trinajstić information content (AvgIpc) is 2.82. The van der Waals surface area contributed by atoms with Crippen molar-refractivity contribution in [2.45, 2.75) is 32.7 Å². The number of hydrogen-bond donors (Lipinski definition) is 0. The molecule has 0 N–H and O–H groups in total. The Labute approximate surface area is 127 Å². The number of cyclic esters (lactones) is 1. The monoisotopic (exact) mass is 313 g/mol. The summed E-state index contributed by atoms with van der Waals surface area (Å²) in [6.07, 6.45) is -0.123. The van der Waals surface area contributed by atoms with Crippen LogP contribution in [-0.4, -0.2) is 29.5 Å². The molecule has 0 unspecified atom stereocenters. The summed E-state index contributed by atoms with van der Waals surface area (Å²) >= 11 is 5.61. The third-order valence-electron chi connectivity index (χ3n) is 3.56. The van der Waals surface area contributed by atoms with E-state index in [1.807, 2.05) is 13.8 Å². The predicted octanol–water partition coefficient (Wildman–Crippen LogP) is 3.42. The van der Waals surface area contributed by atoms with Gasteiger partial charge in [-0.15, -0.1) is 0 Å². The van der Waals surface area contributed by atoms with Crippen LogP contribution >= 0.6 is 11.6 Å². The van der Waals surface area contributed by atoms with Crippen LogP contribution < -0.4 is 0 Å². The van der Waals surface area contributed by atoms with Crippen LogP contribution in [0.25, 0.3) is 0 Å². The lowest BCUT2D eigenvalue weighted by Crippen LogP contribution is -2.41. The number of nitrogens with zero attached hydrogens (tertiary/aromatic N) is 1. The van der Waals surface area contributed by atoms with Gasteiger partial charge in [-0.3, -0.25) is 4.79 Å². The summed E-state index contributed by atoms with van der Waals surface area (Å²) in [6, 6.07) is 4.20. The highest BCUT2D eigenvalue weighted by Gasteiger charge is 2.38. The van der Waals surface area contributed by atoms with E-state index < -0.39 is 11.9 Å². The van der Waals surface area contributed by atoms with Crippen LogP contribution in [0.2, 0.25) is 5.02 Å². The third kappa shape index (κ3) is 3.53. The Morgan fingerprint density at radius 3 is 2.86 bits per heavy atom. The fraction of sp³-hybridized carbons (Fsp3) is 0.467. The zero-order chi connectivity index (χ0) is 15.6. The first-order chi connectivity index (χ1) is 9.90. The summed E-state index contributed by atoms with van der Waals surface area (Å²) in [6.45, 7) is 4.10. The highest BCUT2D eigenvalue weighted by molar-refractivity contribution is 6.30. The number of aryl methyl sites for hydroxylation is 1. The van der Waals surface area contributed by atoms with Gasteiger partial charge in [0.1, 0.15) is 12.4 Å². The number of hydrogen-bond acceptors (Lipinski definition) is 3. The van der Waals surface area contributed by atoms with Gasteiger partial charge in [0.05, 0.1) is 11.1 Å². The molecular weight excluding hydrogens is 297 g/mol. The molecule has 4 nitrogen and oxygen atoms in total. The maximum Gasteiger partial charge on any atom is 0.416 e. The average molecular weight is 314 g/mol. The lowest BCUT2D eigenvalue weighted by atomic mass is 10.0. The Hall–Kier alpha value is -1.62. The summed E-state index contributed by atoms with van der Waals surface area (Å²) in [7, 11) is 0. The fourth-order valence-electron chi connectivity index (χ4n) is 2.28. The van der Waals surface area contributed by atoms with Gasteiger partial charge in [-0.1, -0.05) is 31.5 Å². The maximum absolute atomic E-state index is 13.3. The predicted molar refractivity (Wildman–Crippen MR) is 76.6 cm³/mol. The minimum Gasteiger partial charge on any atom is -0.447 e. The standard InChI is InChI=1S/C15H17ClFNO3/c1-9(2)13-8-21-15(20)18(13)14(19)6-4-10-3-5-11(16)12(17)7-10/h3,5,7,9,13H,4,6,8H2,1-2H3/t13-/m1/s1. The number of rotatable bonds is 4. The molecule has 6 heteroatoms. The van der Waals surface area contributed by atoms with Crippen molar-refractivity contribution in [1.82, 2.24) is 4.90 Å². The number of imide groups is 1. The summed E-state index contributed by atoms with van der Waals surface area (Å²) in [5.74, 6) is -0.679. The molecule has 1 atom stereocenters. The van der Waals surface area contributed by atoms with E-state index in [4.69, 9.17) is 16.3 Å². The molecule has 0 spiro atoms. The number of carbonyl (C=O) groups is 2. The number of halogens is 2. The van der Waals surface area contributed by atoms with Crippen molar-refractivity contribution in [3.05, 3.63) is 34.6 Å². The quantitative estimate of drug-likeness (QED) is 0.855. The molecular formula is C15H17ClFNO3. The van der Waals surface area contributed by atoms with E-state index in [0.717, 1.165) is 0 Å². The fourth-order valence-corrected chi connectivity index (χ4v) is 2.40.